The van der Waals surface area contributed by atoms with E-state index in [1.807, 2.05) is 43.3 Å². The van der Waals surface area contributed by atoms with Crippen LogP contribution in [0.25, 0.3) is 28.0 Å². The minimum Gasteiger partial charge on any atom is -0.481 e. The highest BCUT2D eigenvalue weighted by molar-refractivity contribution is 5.76. The van der Waals surface area contributed by atoms with Gasteiger partial charge in [0.2, 0.25) is 0 Å². The molecule has 4 aromatic rings. The molecule has 1 N–H and O–H groups in total. The Labute approximate surface area is 185 Å². The smallest absolute Gasteiger partial charge is 0.308 e. The number of carboxylic acids is 1. The van der Waals surface area contributed by atoms with Crippen LogP contribution in [-0.2, 0) is 16.0 Å². The van der Waals surface area contributed by atoms with Crippen molar-refractivity contribution >= 4 is 17.4 Å². The molecule has 1 aliphatic rings. The third-order valence-corrected chi connectivity index (χ3v) is 5.78. The highest BCUT2D eigenvalue weighted by Crippen LogP contribution is 2.30. The molecule has 0 bridgehead atoms. The fourth-order valence-corrected chi connectivity index (χ4v) is 4.22. The number of aliphatic carboxylic acids is 1. The summed E-state index contributed by atoms with van der Waals surface area (Å²) >= 11 is 0. The lowest BCUT2D eigenvalue weighted by atomic mass is 10.0. The number of benzene rings is 2. The Kier molecular flexibility index (Phi) is 5.33. The standard InChI is InChI=1S/C25H24N4O3/c1-17-21(15-24(30)31)25(28-10-12-32-13-11-28)29-23(26-17)16-22(27-29)20-9-5-8-19(14-20)18-6-3-2-4-7-18/h2-9,14,16H,10-13,15H2,1H3,(H,30,31). The van der Waals surface area contributed by atoms with E-state index in [1.54, 1.807) is 4.52 Å². The van der Waals surface area contributed by atoms with Crippen molar-refractivity contribution in [3.63, 3.8) is 0 Å². The molecule has 3 heterocycles. The van der Waals surface area contributed by atoms with E-state index < -0.39 is 5.97 Å². The van der Waals surface area contributed by atoms with Crippen molar-refractivity contribution in [1.29, 1.82) is 0 Å². The van der Waals surface area contributed by atoms with Crippen molar-refractivity contribution < 1.29 is 14.6 Å². The van der Waals surface area contributed by atoms with Gasteiger partial charge in [-0.3, -0.25) is 4.79 Å². The van der Waals surface area contributed by atoms with Crippen LogP contribution in [0.3, 0.4) is 0 Å². The van der Waals surface area contributed by atoms with E-state index in [0.29, 0.717) is 43.2 Å². The topological polar surface area (TPSA) is 80.0 Å². The maximum atomic E-state index is 11.6. The lowest BCUT2D eigenvalue weighted by Gasteiger charge is -2.30. The van der Waals surface area contributed by atoms with Crippen molar-refractivity contribution in [3.05, 3.63) is 71.9 Å². The highest BCUT2D eigenvalue weighted by atomic mass is 16.5. The summed E-state index contributed by atoms with van der Waals surface area (Å²) < 4.78 is 7.30. The quantitative estimate of drug-likeness (QED) is 0.520. The van der Waals surface area contributed by atoms with Gasteiger partial charge < -0.3 is 14.7 Å². The number of morpholine rings is 1. The Morgan fingerprint density at radius 1 is 1.00 bits per heavy atom. The van der Waals surface area contributed by atoms with Crippen molar-refractivity contribution in [2.75, 3.05) is 31.2 Å². The molecule has 0 amide bonds. The molecule has 162 valence electrons. The summed E-state index contributed by atoms with van der Waals surface area (Å²) in [5.74, 6) is -0.0876. The number of carbonyl (C=O) groups is 1. The van der Waals surface area contributed by atoms with E-state index in [-0.39, 0.29) is 6.42 Å². The van der Waals surface area contributed by atoms with E-state index in [9.17, 15) is 9.90 Å². The zero-order chi connectivity index (χ0) is 22.1. The van der Waals surface area contributed by atoms with Crippen LogP contribution >= 0.6 is 0 Å². The number of hydrogen-bond acceptors (Lipinski definition) is 5. The number of nitrogens with zero attached hydrogens (tertiary/aromatic N) is 4. The molecule has 7 nitrogen and oxygen atoms in total. The fourth-order valence-electron chi connectivity index (χ4n) is 4.22. The second-order valence-electron chi connectivity index (χ2n) is 7.92. The van der Waals surface area contributed by atoms with Gasteiger partial charge in [-0.25, -0.2) is 4.98 Å². The van der Waals surface area contributed by atoms with Gasteiger partial charge in [0.05, 0.1) is 25.3 Å². The van der Waals surface area contributed by atoms with Crippen LogP contribution in [0.4, 0.5) is 5.82 Å². The Morgan fingerprint density at radius 2 is 1.72 bits per heavy atom. The first-order valence-corrected chi connectivity index (χ1v) is 10.7. The van der Waals surface area contributed by atoms with Gasteiger partial charge in [0.25, 0.3) is 0 Å². The Morgan fingerprint density at radius 3 is 2.47 bits per heavy atom. The van der Waals surface area contributed by atoms with Crippen LogP contribution < -0.4 is 4.90 Å². The first kappa shape index (κ1) is 20.2. The van der Waals surface area contributed by atoms with Crippen molar-refractivity contribution in [2.24, 2.45) is 0 Å². The molecule has 0 radical (unpaired) electrons. The van der Waals surface area contributed by atoms with Gasteiger partial charge in [-0.2, -0.15) is 9.61 Å². The lowest BCUT2D eigenvalue weighted by molar-refractivity contribution is -0.136. The molecular weight excluding hydrogens is 404 g/mol. The highest BCUT2D eigenvalue weighted by Gasteiger charge is 2.24. The predicted molar refractivity (Wildman–Crippen MR) is 123 cm³/mol. The molecule has 5 rings (SSSR count). The largest absolute Gasteiger partial charge is 0.481 e. The van der Waals surface area contributed by atoms with Gasteiger partial charge in [-0.1, -0.05) is 48.5 Å². The Balaban J connectivity index is 1.65. The maximum Gasteiger partial charge on any atom is 0.308 e. The third kappa shape index (κ3) is 3.83. The van der Waals surface area contributed by atoms with E-state index in [2.05, 4.69) is 29.2 Å². The molecule has 1 aliphatic heterocycles. The number of rotatable bonds is 5. The average molecular weight is 428 g/mol. The zero-order valence-electron chi connectivity index (χ0n) is 17.9. The van der Waals surface area contributed by atoms with Gasteiger partial charge in [-0.15, -0.1) is 0 Å². The van der Waals surface area contributed by atoms with Crippen LogP contribution in [0.5, 0.6) is 0 Å². The third-order valence-electron chi connectivity index (χ3n) is 5.78. The molecule has 32 heavy (non-hydrogen) atoms. The number of aryl methyl sites for hydroxylation is 1. The number of fused-ring (bicyclic) bond motifs is 1. The van der Waals surface area contributed by atoms with E-state index in [4.69, 9.17) is 14.8 Å². The maximum absolute atomic E-state index is 11.6. The number of hydrogen-bond donors (Lipinski definition) is 1. The fraction of sp³-hybridized carbons (Fsp3) is 0.240. The first-order chi connectivity index (χ1) is 15.6. The summed E-state index contributed by atoms with van der Waals surface area (Å²) in [6, 6.07) is 20.5. The summed E-state index contributed by atoms with van der Waals surface area (Å²) in [7, 11) is 0. The van der Waals surface area contributed by atoms with Gasteiger partial charge in [0, 0.05) is 36.0 Å². The number of carboxylic acid groups (broad SMARTS) is 1. The minimum absolute atomic E-state index is 0.0971. The van der Waals surface area contributed by atoms with Crippen molar-refractivity contribution in [3.8, 4) is 22.4 Å². The monoisotopic (exact) mass is 428 g/mol. The summed E-state index contributed by atoms with van der Waals surface area (Å²) in [6.45, 7) is 4.43. The molecule has 0 atom stereocenters. The Hall–Kier alpha value is -3.71. The number of aromatic nitrogens is 3. The van der Waals surface area contributed by atoms with Crippen molar-refractivity contribution in [2.45, 2.75) is 13.3 Å². The zero-order valence-corrected chi connectivity index (χ0v) is 17.9. The van der Waals surface area contributed by atoms with Crippen LogP contribution in [0.15, 0.2) is 60.7 Å². The Bertz CT molecular complexity index is 1280. The van der Waals surface area contributed by atoms with Crippen LogP contribution in [-0.4, -0.2) is 52.0 Å². The predicted octanol–water partition coefficient (Wildman–Crippen LogP) is 3.84. The molecule has 7 heteroatoms. The van der Waals surface area contributed by atoms with Crippen LogP contribution in [0.1, 0.15) is 11.3 Å². The van der Waals surface area contributed by atoms with E-state index >= 15 is 0 Å². The minimum atomic E-state index is -0.883. The summed E-state index contributed by atoms with van der Waals surface area (Å²) in [4.78, 5) is 18.4. The SMILES string of the molecule is Cc1nc2cc(-c3cccc(-c4ccccc4)c3)nn2c(N2CCOCC2)c1CC(=O)O. The van der Waals surface area contributed by atoms with E-state index in [1.165, 1.54) is 0 Å². The van der Waals surface area contributed by atoms with Gasteiger partial charge in [0.15, 0.2) is 5.65 Å². The average Bonchev–Trinajstić information content (AvgIpc) is 3.24. The van der Waals surface area contributed by atoms with Gasteiger partial charge in [-0.05, 0) is 24.1 Å². The normalized spacial score (nSPS) is 14.1. The molecule has 1 saturated heterocycles. The number of ether oxygens (including phenoxy) is 1. The molecule has 1 fully saturated rings. The molecule has 0 saturated carbocycles. The van der Waals surface area contributed by atoms with E-state index in [0.717, 1.165) is 28.2 Å². The molecule has 2 aromatic carbocycles. The molecule has 0 spiro atoms. The second kappa shape index (κ2) is 8.43. The molecule has 2 aromatic heterocycles. The summed E-state index contributed by atoms with van der Waals surface area (Å²) in [5.41, 5.74) is 6.16. The summed E-state index contributed by atoms with van der Waals surface area (Å²) in [5, 5.41) is 14.4. The summed E-state index contributed by atoms with van der Waals surface area (Å²) in [6.07, 6.45) is -0.0971. The van der Waals surface area contributed by atoms with Gasteiger partial charge in [0.1, 0.15) is 5.82 Å². The molecular formula is C25H24N4O3. The lowest BCUT2D eigenvalue weighted by Crippen LogP contribution is -2.38. The van der Waals surface area contributed by atoms with Crippen LogP contribution in [0, 0.1) is 6.92 Å². The number of anilines is 1. The van der Waals surface area contributed by atoms with Crippen molar-refractivity contribution in [1.82, 2.24) is 14.6 Å². The van der Waals surface area contributed by atoms with Gasteiger partial charge >= 0.3 is 5.97 Å². The molecule has 0 unspecified atom stereocenters. The van der Waals surface area contributed by atoms with Crippen LogP contribution in [0.2, 0.25) is 0 Å². The second-order valence-corrected chi connectivity index (χ2v) is 7.92. The first-order valence-electron chi connectivity index (χ1n) is 10.7. The molecule has 0 aliphatic carbocycles.